The Morgan fingerprint density at radius 1 is 1.53 bits per heavy atom. The predicted octanol–water partition coefficient (Wildman–Crippen LogP) is 0.851. The monoisotopic (exact) mass is 206 g/mol. The molecule has 0 radical (unpaired) electrons. The fourth-order valence-electron chi connectivity index (χ4n) is 1.31. The molecule has 0 bridgehead atoms. The summed E-state index contributed by atoms with van der Waals surface area (Å²) < 4.78 is 5.25. The van der Waals surface area contributed by atoms with E-state index in [2.05, 4.69) is 20.6 Å². The van der Waals surface area contributed by atoms with Gasteiger partial charge in [0.1, 0.15) is 0 Å². The standard InChI is InChI=1S/C10H14N4O/c1-2-15-9-4-3-8(7-13-9)14-10-11-5-6-12-10/h3-4,7H,2,5-6H2,1H3,(H2,11,12,14). The molecule has 2 N–H and O–H groups in total. The lowest BCUT2D eigenvalue weighted by molar-refractivity contribution is 0.327. The van der Waals surface area contributed by atoms with Gasteiger partial charge in [-0.3, -0.25) is 4.99 Å². The van der Waals surface area contributed by atoms with E-state index >= 15 is 0 Å². The maximum atomic E-state index is 5.25. The number of pyridine rings is 1. The van der Waals surface area contributed by atoms with Gasteiger partial charge in [0.25, 0.3) is 0 Å². The van der Waals surface area contributed by atoms with Crippen LogP contribution in [0.5, 0.6) is 5.88 Å². The first-order chi connectivity index (χ1) is 7.38. The van der Waals surface area contributed by atoms with Gasteiger partial charge in [-0.2, -0.15) is 0 Å². The van der Waals surface area contributed by atoms with Gasteiger partial charge < -0.3 is 15.4 Å². The molecular formula is C10H14N4O. The number of guanidine groups is 1. The van der Waals surface area contributed by atoms with Crippen molar-refractivity contribution < 1.29 is 4.74 Å². The summed E-state index contributed by atoms with van der Waals surface area (Å²) in [5, 5.41) is 6.26. The zero-order chi connectivity index (χ0) is 10.5. The molecule has 2 rings (SSSR count). The first-order valence-corrected chi connectivity index (χ1v) is 5.02. The van der Waals surface area contributed by atoms with Crippen LogP contribution < -0.4 is 15.4 Å². The van der Waals surface area contributed by atoms with Crippen LogP contribution in [0.2, 0.25) is 0 Å². The first-order valence-electron chi connectivity index (χ1n) is 5.02. The molecule has 1 aromatic heterocycles. The quantitative estimate of drug-likeness (QED) is 0.769. The maximum Gasteiger partial charge on any atom is 0.213 e. The minimum atomic E-state index is 0.633. The van der Waals surface area contributed by atoms with Crippen LogP contribution in [-0.4, -0.2) is 30.6 Å². The number of ether oxygens (including phenoxy) is 1. The molecule has 0 saturated carbocycles. The van der Waals surface area contributed by atoms with Crippen molar-refractivity contribution >= 4 is 11.6 Å². The third-order valence-electron chi connectivity index (χ3n) is 1.97. The van der Waals surface area contributed by atoms with Gasteiger partial charge in [0, 0.05) is 12.6 Å². The van der Waals surface area contributed by atoms with Crippen molar-refractivity contribution in [3.8, 4) is 5.88 Å². The maximum absolute atomic E-state index is 5.25. The van der Waals surface area contributed by atoms with E-state index in [1.165, 1.54) is 0 Å². The number of aliphatic imine (C=N–C) groups is 1. The summed E-state index contributed by atoms with van der Waals surface area (Å²) >= 11 is 0. The van der Waals surface area contributed by atoms with E-state index in [4.69, 9.17) is 4.74 Å². The zero-order valence-corrected chi connectivity index (χ0v) is 8.66. The van der Waals surface area contributed by atoms with Gasteiger partial charge in [-0.25, -0.2) is 4.98 Å². The van der Waals surface area contributed by atoms with Crippen molar-refractivity contribution in [3.63, 3.8) is 0 Å². The molecule has 5 heteroatoms. The lowest BCUT2D eigenvalue weighted by Crippen LogP contribution is -2.26. The Kier molecular flexibility index (Phi) is 3.02. The highest BCUT2D eigenvalue weighted by molar-refractivity contribution is 5.94. The highest BCUT2D eigenvalue weighted by atomic mass is 16.5. The average Bonchev–Trinajstić information content (AvgIpc) is 2.74. The SMILES string of the molecule is CCOc1ccc(NC2=NCCN2)cn1. The summed E-state index contributed by atoms with van der Waals surface area (Å²) in [5.41, 5.74) is 0.909. The van der Waals surface area contributed by atoms with E-state index in [9.17, 15) is 0 Å². The Labute approximate surface area is 88.6 Å². The molecule has 0 unspecified atom stereocenters. The van der Waals surface area contributed by atoms with Gasteiger partial charge >= 0.3 is 0 Å². The second kappa shape index (κ2) is 4.63. The number of aromatic nitrogens is 1. The molecule has 0 aromatic carbocycles. The summed E-state index contributed by atoms with van der Waals surface area (Å²) in [6, 6.07) is 3.75. The molecule has 80 valence electrons. The lowest BCUT2D eigenvalue weighted by atomic mass is 10.4. The number of hydrogen-bond donors (Lipinski definition) is 2. The van der Waals surface area contributed by atoms with E-state index in [1.54, 1.807) is 6.20 Å². The van der Waals surface area contributed by atoms with E-state index in [-0.39, 0.29) is 0 Å². The molecule has 2 heterocycles. The summed E-state index contributed by atoms with van der Waals surface area (Å²) in [4.78, 5) is 8.37. The van der Waals surface area contributed by atoms with Crippen molar-refractivity contribution in [3.05, 3.63) is 18.3 Å². The minimum Gasteiger partial charge on any atom is -0.478 e. The van der Waals surface area contributed by atoms with Crippen LogP contribution in [-0.2, 0) is 0 Å². The average molecular weight is 206 g/mol. The van der Waals surface area contributed by atoms with Crippen molar-refractivity contribution in [2.45, 2.75) is 6.92 Å². The van der Waals surface area contributed by atoms with Crippen molar-refractivity contribution in [2.75, 3.05) is 25.0 Å². The highest BCUT2D eigenvalue weighted by Crippen LogP contribution is 2.11. The van der Waals surface area contributed by atoms with Gasteiger partial charge in [0.2, 0.25) is 5.88 Å². The van der Waals surface area contributed by atoms with Gasteiger partial charge in [0.05, 0.1) is 25.0 Å². The fourth-order valence-corrected chi connectivity index (χ4v) is 1.31. The molecule has 15 heavy (non-hydrogen) atoms. The lowest BCUT2D eigenvalue weighted by Gasteiger charge is -2.06. The summed E-state index contributed by atoms with van der Waals surface area (Å²) in [7, 11) is 0. The molecule has 1 aliphatic heterocycles. The Morgan fingerprint density at radius 2 is 2.47 bits per heavy atom. The summed E-state index contributed by atoms with van der Waals surface area (Å²) in [5.74, 6) is 1.45. The molecule has 0 fully saturated rings. The topological polar surface area (TPSA) is 58.5 Å². The van der Waals surface area contributed by atoms with E-state index in [0.717, 1.165) is 24.7 Å². The van der Waals surface area contributed by atoms with E-state index < -0.39 is 0 Å². The number of nitrogens with one attached hydrogen (secondary N) is 2. The molecule has 1 aliphatic rings. The fraction of sp³-hybridized carbons (Fsp3) is 0.400. The first kappa shape index (κ1) is 9.76. The van der Waals surface area contributed by atoms with Crippen molar-refractivity contribution in [1.29, 1.82) is 0 Å². The number of rotatable bonds is 3. The van der Waals surface area contributed by atoms with Crippen molar-refractivity contribution in [1.82, 2.24) is 10.3 Å². The normalized spacial score (nSPS) is 14.3. The Hall–Kier alpha value is -1.78. The second-order valence-electron chi connectivity index (χ2n) is 3.10. The zero-order valence-electron chi connectivity index (χ0n) is 8.66. The molecule has 0 saturated heterocycles. The Morgan fingerprint density at radius 3 is 3.07 bits per heavy atom. The summed E-state index contributed by atoms with van der Waals surface area (Å²) in [6.45, 7) is 4.29. The molecule has 0 atom stereocenters. The molecule has 0 aliphatic carbocycles. The molecular weight excluding hydrogens is 192 g/mol. The Bertz CT molecular complexity index is 347. The van der Waals surface area contributed by atoms with Gasteiger partial charge in [-0.05, 0) is 13.0 Å². The number of nitrogens with zero attached hydrogens (tertiary/aromatic N) is 2. The van der Waals surface area contributed by atoms with Gasteiger partial charge in [-0.1, -0.05) is 0 Å². The van der Waals surface area contributed by atoms with Crippen LogP contribution in [0.1, 0.15) is 6.92 Å². The third kappa shape index (κ3) is 2.59. The third-order valence-corrected chi connectivity index (χ3v) is 1.97. The highest BCUT2D eigenvalue weighted by Gasteiger charge is 2.04. The molecule has 0 amide bonds. The van der Waals surface area contributed by atoms with Crippen LogP contribution in [0.15, 0.2) is 23.3 Å². The van der Waals surface area contributed by atoms with E-state index in [1.807, 2.05) is 19.1 Å². The van der Waals surface area contributed by atoms with Crippen LogP contribution in [0, 0.1) is 0 Å². The summed E-state index contributed by atoms with van der Waals surface area (Å²) in [6.07, 6.45) is 1.73. The van der Waals surface area contributed by atoms with Gasteiger partial charge in [-0.15, -0.1) is 0 Å². The minimum absolute atomic E-state index is 0.633. The second-order valence-corrected chi connectivity index (χ2v) is 3.10. The Balaban J connectivity index is 1.97. The van der Waals surface area contributed by atoms with Crippen LogP contribution >= 0.6 is 0 Å². The molecule has 5 nitrogen and oxygen atoms in total. The predicted molar refractivity (Wildman–Crippen MR) is 59.3 cm³/mol. The molecule has 0 spiro atoms. The number of hydrogen-bond acceptors (Lipinski definition) is 5. The molecule has 1 aromatic rings. The number of anilines is 1. The van der Waals surface area contributed by atoms with Crippen LogP contribution in [0.3, 0.4) is 0 Å². The van der Waals surface area contributed by atoms with Crippen LogP contribution in [0.25, 0.3) is 0 Å². The largest absolute Gasteiger partial charge is 0.478 e. The van der Waals surface area contributed by atoms with Gasteiger partial charge in [0.15, 0.2) is 5.96 Å². The van der Waals surface area contributed by atoms with Crippen LogP contribution in [0.4, 0.5) is 5.69 Å². The van der Waals surface area contributed by atoms with E-state index in [0.29, 0.717) is 12.5 Å². The van der Waals surface area contributed by atoms with Crippen molar-refractivity contribution in [2.24, 2.45) is 4.99 Å². The smallest absolute Gasteiger partial charge is 0.213 e.